The van der Waals surface area contributed by atoms with Gasteiger partial charge in [0.25, 0.3) is 5.91 Å². The Hall–Kier alpha value is -2.56. The maximum Gasteiger partial charge on any atom is 0.287 e. The van der Waals surface area contributed by atoms with Gasteiger partial charge in [-0.05, 0) is 29.7 Å². The number of hydrogen-bond acceptors (Lipinski definition) is 3. The Morgan fingerprint density at radius 1 is 1.18 bits per heavy atom. The van der Waals surface area contributed by atoms with Crippen molar-refractivity contribution in [1.82, 2.24) is 10.2 Å². The van der Waals surface area contributed by atoms with Gasteiger partial charge in [0.2, 0.25) is 5.91 Å². The molecule has 2 aromatic rings. The largest absolute Gasteiger partial charge is 0.459 e. The maximum atomic E-state index is 11.9. The second-order valence-electron chi connectivity index (χ2n) is 5.35. The second kappa shape index (κ2) is 6.47. The van der Waals surface area contributed by atoms with E-state index in [1.54, 1.807) is 12.1 Å². The van der Waals surface area contributed by atoms with Gasteiger partial charge in [-0.2, -0.15) is 0 Å². The summed E-state index contributed by atoms with van der Waals surface area (Å²) in [5.74, 6) is 0.263. The van der Waals surface area contributed by atoms with Crippen molar-refractivity contribution < 1.29 is 14.0 Å². The number of rotatable bonds is 5. The van der Waals surface area contributed by atoms with Crippen molar-refractivity contribution in [2.75, 3.05) is 6.54 Å². The van der Waals surface area contributed by atoms with Crippen LogP contribution in [0.15, 0.2) is 47.1 Å². The van der Waals surface area contributed by atoms with Crippen molar-refractivity contribution in [2.45, 2.75) is 25.9 Å². The molecule has 0 radical (unpaired) electrons. The lowest BCUT2D eigenvalue weighted by Gasteiger charge is -2.18. The third-order valence-corrected chi connectivity index (χ3v) is 3.84. The topological polar surface area (TPSA) is 62.6 Å². The van der Waals surface area contributed by atoms with Crippen LogP contribution < -0.4 is 5.32 Å². The lowest BCUT2D eigenvalue weighted by molar-refractivity contribution is -0.128. The smallest absolute Gasteiger partial charge is 0.287 e. The number of nitrogens with zero attached hydrogens (tertiary/aromatic N) is 1. The first kappa shape index (κ1) is 14.4. The summed E-state index contributed by atoms with van der Waals surface area (Å²) in [4.78, 5) is 25.5. The Balaban J connectivity index is 1.66. The minimum atomic E-state index is -0.239. The van der Waals surface area contributed by atoms with Crippen LogP contribution in [0.3, 0.4) is 0 Å². The SMILES string of the molecule is O=C(NCc1ccccc1CN1CCCC1=O)c1ccco1. The number of furan rings is 1. The van der Waals surface area contributed by atoms with Gasteiger partial charge in [-0.25, -0.2) is 0 Å². The highest BCUT2D eigenvalue weighted by Gasteiger charge is 2.21. The second-order valence-corrected chi connectivity index (χ2v) is 5.35. The molecule has 5 nitrogen and oxygen atoms in total. The first-order chi connectivity index (χ1) is 10.7. The van der Waals surface area contributed by atoms with Gasteiger partial charge in [0.05, 0.1) is 6.26 Å². The number of nitrogens with one attached hydrogen (secondary N) is 1. The number of hydrogen-bond donors (Lipinski definition) is 1. The fraction of sp³-hybridized carbons (Fsp3) is 0.294. The summed E-state index contributed by atoms with van der Waals surface area (Å²) < 4.78 is 5.07. The Morgan fingerprint density at radius 2 is 2.00 bits per heavy atom. The van der Waals surface area contributed by atoms with Crippen molar-refractivity contribution >= 4 is 11.8 Å². The molecule has 1 aromatic heterocycles. The summed E-state index contributed by atoms with van der Waals surface area (Å²) in [5, 5.41) is 2.84. The van der Waals surface area contributed by atoms with Crippen LogP contribution in [0.25, 0.3) is 0 Å². The lowest BCUT2D eigenvalue weighted by atomic mass is 10.1. The molecule has 1 saturated heterocycles. The quantitative estimate of drug-likeness (QED) is 0.921. The average Bonchev–Trinajstić information content (AvgIpc) is 3.19. The van der Waals surface area contributed by atoms with E-state index in [1.165, 1.54) is 6.26 Å². The summed E-state index contributed by atoms with van der Waals surface area (Å²) in [6.45, 7) is 1.83. The van der Waals surface area contributed by atoms with Crippen LogP contribution in [0.5, 0.6) is 0 Å². The molecule has 0 saturated carbocycles. The van der Waals surface area contributed by atoms with Gasteiger partial charge in [0.1, 0.15) is 0 Å². The first-order valence-corrected chi connectivity index (χ1v) is 7.40. The molecule has 0 spiro atoms. The van der Waals surface area contributed by atoms with Crippen LogP contribution in [-0.2, 0) is 17.9 Å². The molecule has 0 unspecified atom stereocenters. The van der Waals surface area contributed by atoms with Crippen LogP contribution >= 0.6 is 0 Å². The normalized spacial score (nSPS) is 14.4. The van der Waals surface area contributed by atoms with Gasteiger partial charge < -0.3 is 14.6 Å². The van der Waals surface area contributed by atoms with Crippen molar-refractivity contribution in [3.8, 4) is 0 Å². The van der Waals surface area contributed by atoms with Crippen LogP contribution in [-0.4, -0.2) is 23.3 Å². The highest BCUT2D eigenvalue weighted by molar-refractivity contribution is 5.91. The Labute approximate surface area is 128 Å². The third-order valence-electron chi connectivity index (χ3n) is 3.84. The fourth-order valence-corrected chi connectivity index (χ4v) is 2.63. The number of likely N-dealkylation sites (tertiary alicyclic amines) is 1. The average molecular weight is 298 g/mol. The third kappa shape index (κ3) is 3.19. The Bertz CT molecular complexity index is 664. The number of benzene rings is 1. The zero-order valence-electron chi connectivity index (χ0n) is 12.2. The van der Waals surface area contributed by atoms with E-state index in [0.29, 0.717) is 25.3 Å². The molecule has 0 aliphatic carbocycles. The summed E-state index contributed by atoms with van der Waals surface area (Å²) in [6.07, 6.45) is 3.04. The molecular weight excluding hydrogens is 280 g/mol. The molecule has 2 heterocycles. The molecular formula is C17H18N2O3. The van der Waals surface area contributed by atoms with Crippen LogP contribution in [0.4, 0.5) is 0 Å². The highest BCUT2D eigenvalue weighted by atomic mass is 16.3. The zero-order chi connectivity index (χ0) is 15.4. The molecule has 1 aromatic carbocycles. The summed E-state index contributed by atoms with van der Waals surface area (Å²) in [5.41, 5.74) is 2.08. The van der Waals surface area contributed by atoms with Gasteiger partial charge in [0.15, 0.2) is 5.76 Å². The number of carbonyl (C=O) groups is 2. The number of carbonyl (C=O) groups excluding carboxylic acids is 2. The van der Waals surface area contributed by atoms with Crippen LogP contribution in [0, 0.1) is 0 Å². The zero-order valence-corrected chi connectivity index (χ0v) is 12.2. The van der Waals surface area contributed by atoms with Crippen LogP contribution in [0.1, 0.15) is 34.5 Å². The Morgan fingerprint density at radius 3 is 2.68 bits per heavy atom. The van der Waals surface area contributed by atoms with E-state index in [4.69, 9.17) is 4.42 Å². The summed E-state index contributed by atoms with van der Waals surface area (Å²) >= 11 is 0. The molecule has 22 heavy (non-hydrogen) atoms. The van der Waals surface area contributed by atoms with Crippen molar-refractivity contribution in [3.63, 3.8) is 0 Å². The molecule has 0 bridgehead atoms. The van der Waals surface area contributed by atoms with Gasteiger partial charge in [0, 0.05) is 26.1 Å². The molecule has 1 N–H and O–H groups in total. The summed E-state index contributed by atoms with van der Waals surface area (Å²) in [6, 6.07) is 11.2. The van der Waals surface area contributed by atoms with Gasteiger partial charge in [-0.1, -0.05) is 24.3 Å². The molecule has 2 amide bonds. The van der Waals surface area contributed by atoms with E-state index in [-0.39, 0.29) is 11.8 Å². The molecule has 1 aliphatic rings. The summed E-state index contributed by atoms with van der Waals surface area (Å²) in [7, 11) is 0. The highest BCUT2D eigenvalue weighted by Crippen LogP contribution is 2.17. The molecule has 0 atom stereocenters. The molecule has 114 valence electrons. The monoisotopic (exact) mass is 298 g/mol. The maximum absolute atomic E-state index is 11.9. The molecule has 5 heteroatoms. The van der Waals surface area contributed by atoms with E-state index in [2.05, 4.69) is 5.32 Å². The minimum Gasteiger partial charge on any atom is -0.459 e. The van der Waals surface area contributed by atoms with Gasteiger partial charge >= 0.3 is 0 Å². The van der Waals surface area contributed by atoms with Crippen molar-refractivity contribution in [1.29, 1.82) is 0 Å². The number of amides is 2. The van der Waals surface area contributed by atoms with E-state index in [1.807, 2.05) is 29.2 Å². The van der Waals surface area contributed by atoms with Crippen LogP contribution in [0.2, 0.25) is 0 Å². The van der Waals surface area contributed by atoms with Crippen molar-refractivity contribution in [2.24, 2.45) is 0 Å². The van der Waals surface area contributed by atoms with Gasteiger partial charge in [-0.15, -0.1) is 0 Å². The van der Waals surface area contributed by atoms with Crippen molar-refractivity contribution in [3.05, 3.63) is 59.5 Å². The van der Waals surface area contributed by atoms with E-state index in [0.717, 1.165) is 24.1 Å². The predicted molar refractivity (Wildman–Crippen MR) is 81.0 cm³/mol. The van der Waals surface area contributed by atoms with E-state index < -0.39 is 0 Å². The standard InChI is InChI=1S/C17H18N2O3/c20-16-8-3-9-19(16)12-14-6-2-1-5-13(14)11-18-17(21)15-7-4-10-22-15/h1-2,4-7,10H,3,8-9,11-12H2,(H,18,21). The Kier molecular flexibility index (Phi) is 4.23. The van der Waals surface area contributed by atoms with Gasteiger partial charge in [-0.3, -0.25) is 9.59 Å². The first-order valence-electron chi connectivity index (χ1n) is 7.40. The van der Waals surface area contributed by atoms with E-state index >= 15 is 0 Å². The molecule has 1 aliphatic heterocycles. The molecule has 1 fully saturated rings. The lowest BCUT2D eigenvalue weighted by Crippen LogP contribution is -2.26. The minimum absolute atomic E-state index is 0.203. The molecule has 3 rings (SSSR count). The predicted octanol–water partition coefficient (Wildman–Crippen LogP) is 2.33. The fourth-order valence-electron chi connectivity index (χ4n) is 2.63. The van der Waals surface area contributed by atoms with E-state index in [9.17, 15) is 9.59 Å².